The number of piperidine rings is 1. The minimum atomic E-state index is 0. The zero-order chi connectivity index (χ0) is 31.3. The molecular weight excluding hydrogens is 651 g/mol. The number of pyridine rings is 2. The number of para-hydroxylation sites is 1. The Hall–Kier alpha value is -4.29. The van der Waals surface area contributed by atoms with Crippen molar-refractivity contribution in [2.45, 2.75) is 35.2 Å². The number of aryl methyl sites for hydroxylation is 1. The minimum absolute atomic E-state index is 0. The van der Waals surface area contributed by atoms with Gasteiger partial charge in [0.15, 0.2) is 5.82 Å². The van der Waals surface area contributed by atoms with Gasteiger partial charge in [-0.05, 0) is 54.5 Å². The Bertz CT molecular complexity index is 2060. The number of hydrogen-bond acceptors (Lipinski definition) is 10. The molecule has 47 heavy (non-hydrogen) atoms. The third kappa shape index (κ3) is 5.78. The summed E-state index contributed by atoms with van der Waals surface area (Å²) in [7, 11) is 2.03. The van der Waals surface area contributed by atoms with Crippen LogP contribution >= 0.6 is 35.8 Å². The molecule has 0 unspecified atom stereocenters. The number of halogens is 2. The van der Waals surface area contributed by atoms with Gasteiger partial charge in [-0.1, -0.05) is 47.6 Å². The van der Waals surface area contributed by atoms with Crippen LogP contribution in [0.3, 0.4) is 0 Å². The maximum absolute atomic E-state index is 6.83. The Morgan fingerprint density at radius 3 is 2.57 bits per heavy atom. The van der Waals surface area contributed by atoms with Crippen LogP contribution in [0.2, 0.25) is 5.02 Å². The first-order valence-corrected chi connectivity index (χ1v) is 16.4. The molecule has 1 aromatic carbocycles. The maximum atomic E-state index is 6.83. The van der Waals surface area contributed by atoms with Crippen LogP contribution in [0.25, 0.3) is 22.2 Å². The molecule has 10 nitrogen and oxygen atoms in total. The van der Waals surface area contributed by atoms with Crippen molar-refractivity contribution in [1.82, 2.24) is 34.5 Å². The molecule has 1 saturated heterocycles. The quantitative estimate of drug-likeness (QED) is 0.189. The highest BCUT2D eigenvalue weighted by Gasteiger charge is 2.46. The molecule has 0 bridgehead atoms. The molecule has 1 fully saturated rings. The summed E-state index contributed by atoms with van der Waals surface area (Å²) in [6.45, 7) is 1.77. The molecular formula is C34H32Cl2N10S. The van der Waals surface area contributed by atoms with Crippen molar-refractivity contribution < 1.29 is 0 Å². The smallest absolute Gasteiger partial charge is 0.228 e. The average Bonchev–Trinajstić information content (AvgIpc) is 3.57. The van der Waals surface area contributed by atoms with E-state index < -0.39 is 0 Å². The van der Waals surface area contributed by atoms with E-state index in [9.17, 15) is 0 Å². The fourth-order valence-corrected chi connectivity index (χ4v) is 7.80. The van der Waals surface area contributed by atoms with E-state index >= 15 is 0 Å². The summed E-state index contributed by atoms with van der Waals surface area (Å²) in [6.07, 6.45) is 14.0. The topological polar surface area (TPSA) is 124 Å². The van der Waals surface area contributed by atoms with Gasteiger partial charge in [0.2, 0.25) is 5.95 Å². The van der Waals surface area contributed by atoms with E-state index in [1.807, 2.05) is 49.8 Å². The highest BCUT2D eigenvalue weighted by Crippen LogP contribution is 2.50. The van der Waals surface area contributed by atoms with E-state index in [-0.39, 0.29) is 23.9 Å². The van der Waals surface area contributed by atoms with Gasteiger partial charge < -0.3 is 20.5 Å². The first-order chi connectivity index (χ1) is 22.5. The van der Waals surface area contributed by atoms with Crippen molar-refractivity contribution in [3.05, 3.63) is 102 Å². The number of anilines is 3. The van der Waals surface area contributed by atoms with E-state index in [1.165, 1.54) is 17.3 Å². The molecule has 1 spiro atoms. The summed E-state index contributed by atoms with van der Waals surface area (Å²) in [5, 5.41) is 5.53. The fourth-order valence-electron chi connectivity index (χ4n) is 6.77. The summed E-state index contributed by atoms with van der Waals surface area (Å²) >= 11 is 8.26. The van der Waals surface area contributed by atoms with Crippen molar-refractivity contribution in [1.29, 1.82) is 0 Å². The lowest BCUT2D eigenvalue weighted by Crippen LogP contribution is -2.44. The highest BCUT2D eigenvalue weighted by molar-refractivity contribution is 7.99. The predicted molar refractivity (Wildman–Crippen MR) is 189 cm³/mol. The van der Waals surface area contributed by atoms with Crippen LogP contribution < -0.4 is 16.0 Å². The molecule has 238 valence electrons. The number of nitrogens with two attached hydrogens (primary N) is 1. The van der Waals surface area contributed by atoms with Crippen molar-refractivity contribution in [3.8, 4) is 11.3 Å². The number of hydrogen-bond donors (Lipinski definition) is 2. The van der Waals surface area contributed by atoms with E-state index in [0.29, 0.717) is 16.8 Å². The molecule has 6 heterocycles. The van der Waals surface area contributed by atoms with Crippen LogP contribution in [0.5, 0.6) is 0 Å². The van der Waals surface area contributed by atoms with Gasteiger partial charge in [0.1, 0.15) is 10.8 Å². The lowest BCUT2D eigenvalue weighted by Gasteiger charge is -2.42. The minimum Gasteiger partial charge on any atom is -0.355 e. The number of nitrogens with one attached hydrogen (secondary N) is 1. The van der Waals surface area contributed by atoms with Gasteiger partial charge in [-0.15, -0.1) is 12.4 Å². The van der Waals surface area contributed by atoms with E-state index in [0.717, 1.165) is 75.9 Å². The van der Waals surface area contributed by atoms with Gasteiger partial charge in [-0.25, -0.2) is 24.9 Å². The molecule has 13 heteroatoms. The third-order valence-corrected chi connectivity index (χ3v) is 10.7. The molecule has 5 aromatic heterocycles. The SMILES string of the molecule is Cl.Cn1cc(-c2ccnc(Nc3nccc(Sc4cnc(N5CCC6(CC5)Cc5ncccc5[C@H]6N)cn4)c3Cl)n2)c2ccccc21. The van der Waals surface area contributed by atoms with Crippen molar-refractivity contribution in [2.75, 3.05) is 23.3 Å². The maximum Gasteiger partial charge on any atom is 0.228 e. The Morgan fingerprint density at radius 2 is 1.77 bits per heavy atom. The lowest BCUT2D eigenvalue weighted by molar-refractivity contribution is 0.186. The molecule has 6 aromatic rings. The second-order valence-electron chi connectivity index (χ2n) is 11.9. The van der Waals surface area contributed by atoms with Crippen LogP contribution in [-0.2, 0) is 13.5 Å². The molecule has 0 radical (unpaired) electrons. The Kier molecular flexibility index (Phi) is 8.48. The summed E-state index contributed by atoms with van der Waals surface area (Å²) in [4.78, 5) is 30.8. The van der Waals surface area contributed by atoms with Gasteiger partial charge in [0.25, 0.3) is 0 Å². The van der Waals surface area contributed by atoms with E-state index in [2.05, 4.69) is 54.1 Å². The van der Waals surface area contributed by atoms with Crippen LogP contribution in [0.4, 0.5) is 17.6 Å². The second kappa shape index (κ2) is 12.7. The molecule has 8 rings (SSSR count). The molecule has 1 atom stereocenters. The number of aromatic nitrogens is 7. The predicted octanol–water partition coefficient (Wildman–Crippen LogP) is 7.03. The average molecular weight is 684 g/mol. The van der Waals surface area contributed by atoms with Gasteiger partial charge in [0, 0.05) is 78.0 Å². The number of fused-ring (bicyclic) bond motifs is 2. The third-order valence-electron chi connectivity index (χ3n) is 9.26. The Balaban J connectivity index is 0.00000351. The van der Waals surface area contributed by atoms with Gasteiger partial charge >= 0.3 is 0 Å². The fraction of sp³-hybridized carbons (Fsp3) is 0.235. The molecule has 1 aliphatic heterocycles. The Labute approximate surface area is 287 Å². The molecule has 3 N–H and O–H groups in total. The molecule has 0 saturated carbocycles. The molecule has 0 amide bonds. The number of benzene rings is 1. The van der Waals surface area contributed by atoms with Crippen molar-refractivity contribution in [2.24, 2.45) is 18.2 Å². The first kappa shape index (κ1) is 31.3. The zero-order valence-corrected chi connectivity index (χ0v) is 27.9. The largest absolute Gasteiger partial charge is 0.355 e. The van der Waals surface area contributed by atoms with E-state index in [4.69, 9.17) is 32.3 Å². The van der Waals surface area contributed by atoms with Crippen LogP contribution in [0.1, 0.15) is 30.1 Å². The van der Waals surface area contributed by atoms with Crippen molar-refractivity contribution in [3.63, 3.8) is 0 Å². The van der Waals surface area contributed by atoms with Gasteiger partial charge in [-0.2, -0.15) is 0 Å². The molecule has 1 aliphatic carbocycles. The summed E-state index contributed by atoms with van der Waals surface area (Å²) < 4.78 is 2.10. The van der Waals surface area contributed by atoms with Gasteiger partial charge in [-0.3, -0.25) is 4.98 Å². The standard InChI is InChI=1S/C34H31ClN10S.ClH/c1-44-20-23(21-5-2-3-7-26(21)44)24-8-13-39-33(42-24)43-32-30(35)27(9-14-38-32)46-29-19-40-28(18-41-29)45-15-10-34(11-16-45)17-25-22(31(34)36)6-4-12-37-25;/h2-9,12-14,18-20,31H,10-11,15-17,36H2,1H3,(H,38,39,42,43);1H/t31-;/m1./s1. The summed E-state index contributed by atoms with van der Waals surface area (Å²) in [5.74, 6) is 1.75. The molecule has 2 aliphatic rings. The lowest BCUT2D eigenvalue weighted by atomic mass is 9.73. The normalized spacial score (nSPS) is 16.7. The van der Waals surface area contributed by atoms with Crippen LogP contribution in [0, 0.1) is 5.41 Å². The summed E-state index contributed by atoms with van der Waals surface area (Å²) in [5.41, 5.74) is 12.1. The Morgan fingerprint density at radius 1 is 0.936 bits per heavy atom. The first-order valence-electron chi connectivity index (χ1n) is 15.2. The van der Waals surface area contributed by atoms with Crippen LogP contribution in [0.15, 0.2) is 95.6 Å². The van der Waals surface area contributed by atoms with Gasteiger partial charge in [0.05, 0.1) is 23.1 Å². The summed E-state index contributed by atoms with van der Waals surface area (Å²) in [6, 6.07) is 16.2. The second-order valence-corrected chi connectivity index (χ2v) is 13.3. The highest BCUT2D eigenvalue weighted by atomic mass is 35.5. The number of rotatable bonds is 6. The van der Waals surface area contributed by atoms with Crippen LogP contribution in [-0.4, -0.2) is 47.6 Å². The monoisotopic (exact) mass is 682 g/mol. The zero-order valence-electron chi connectivity index (χ0n) is 25.5. The number of nitrogens with zero attached hydrogens (tertiary/aromatic N) is 8. The van der Waals surface area contributed by atoms with Crippen molar-refractivity contribution >= 4 is 64.3 Å². The van der Waals surface area contributed by atoms with E-state index in [1.54, 1.807) is 18.6 Å².